The van der Waals surface area contributed by atoms with Crippen LogP contribution in [0.2, 0.25) is 0 Å². The van der Waals surface area contributed by atoms with Gasteiger partial charge in [-0.15, -0.1) is 0 Å². The van der Waals surface area contributed by atoms with E-state index in [9.17, 15) is 13.2 Å². The molecule has 3 aromatic rings. The van der Waals surface area contributed by atoms with Gasteiger partial charge in [0.1, 0.15) is 5.69 Å². The van der Waals surface area contributed by atoms with Gasteiger partial charge in [-0.25, -0.2) is 8.42 Å². The quantitative estimate of drug-likeness (QED) is 0.714. The van der Waals surface area contributed by atoms with Crippen LogP contribution in [0.4, 0.5) is 11.4 Å². The first-order chi connectivity index (χ1) is 13.3. The fraction of sp³-hybridized carbons (Fsp3) is 0.143. The Morgan fingerprint density at radius 3 is 2.36 bits per heavy atom. The summed E-state index contributed by atoms with van der Waals surface area (Å²) in [5.74, 6) is -0.397. The van der Waals surface area contributed by atoms with Crippen LogP contribution < -0.4 is 9.62 Å². The highest BCUT2D eigenvalue weighted by Gasteiger charge is 2.19. The van der Waals surface area contributed by atoms with E-state index in [4.69, 9.17) is 0 Å². The minimum Gasteiger partial charge on any atom is -0.319 e. The van der Waals surface area contributed by atoms with Crippen molar-refractivity contribution in [2.75, 3.05) is 22.9 Å². The normalized spacial score (nSPS) is 11.1. The number of anilines is 2. The number of nitrogens with one attached hydrogen (secondary N) is 1. The van der Waals surface area contributed by atoms with Crippen molar-refractivity contribution in [1.82, 2.24) is 4.98 Å². The van der Waals surface area contributed by atoms with Gasteiger partial charge in [0.15, 0.2) is 0 Å². The van der Waals surface area contributed by atoms with E-state index in [0.717, 1.165) is 27.3 Å². The number of sulfonamides is 1. The van der Waals surface area contributed by atoms with Crippen molar-refractivity contribution in [2.24, 2.45) is 0 Å². The predicted octanol–water partition coefficient (Wildman–Crippen LogP) is 3.71. The molecule has 3 rings (SSSR count). The molecule has 28 heavy (non-hydrogen) atoms. The largest absolute Gasteiger partial charge is 0.319 e. The summed E-state index contributed by atoms with van der Waals surface area (Å²) in [6, 6.07) is 18.5. The lowest BCUT2D eigenvalue weighted by molar-refractivity contribution is 0.102. The molecule has 0 spiro atoms. The molecule has 0 aliphatic heterocycles. The summed E-state index contributed by atoms with van der Waals surface area (Å²) >= 11 is 0. The molecule has 1 heterocycles. The van der Waals surface area contributed by atoms with Gasteiger partial charge in [-0.1, -0.05) is 42.5 Å². The molecule has 0 fully saturated rings. The fourth-order valence-corrected chi connectivity index (χ4v) is 3.32. The third-order valence-corrected chi connectivity index (χ3v) is 5.60. The minimum absolute atomic E-state index is 0.292. The lowest BCUT2D eigenvalue weighted by Gasteiger charge is -2.21. The Hall–Kier alpha value is -3.19. The van der Waals surface area contributed by atoms with Crippen LogP contribution in [0.15, 0.2) is 66.9 Å². The molecular weight excluding hydrogens is 374 g/mol. The van der Waals surface area contributed by atoms with Crippen molar-refractivity contribution < 1.29 is 13.2 Å². The van der Waals surface area contributed by atoms with Gasteiger partial charge < -0.3 is 5.32 Å². The molecule has 6 nitrogen and oxygen atoms in total. The minimum atomic E-state index is -3.50. The molecule has 1 N–H and O–H groups in total. The SMILES string of the molecule is Cc1cccnc1C(=O)Nc1cc(-c2ccccc2)ccc1N(C)S(C)(=O)=O. The third kappa shape index (κ3) is 4.20. The molecule has 0 aliphatic carbocycles. The maximum Gasteiger partial charge on any atom is 0.274 e. The molecular formula is C21H21N3O3S. The van der Waals surface area contributed by atoms with Crippen LogP contribution in [-0.2, 0) is 10.0 Å². The van der Waals surface area contributed by atoms with E-state index < -0.39 is 15.9 Å². The first-order valence-corrected chi connectivity index (χ1v) is 10.5. The van der Waals surface area contributed by atoms with Gasteiger partial charge >= 0.3 is 0 Å². The Labute approximate surface area is 164 Å². The summed E-state index contributed by atoms with van der Waals surface area (Å²) < 4.78 is 25.2. The molecule has 0 saturated carbocycles. The average Bonchev–Trinajstić information content (AvgIpc) is 2.67. The Kier molecular flexibility index (Phi) is 5.46. The second-order valence-electron chi connectivity index (χ2n) is 6.45. The monoisotopic (exact) mass is 395 g/mol. The number of aromatic nitrogens is 1. The van der Waals surface area contributed by atoms with Crippen molar-refractivity contribution >= 4 is 27.3 Å². The van der Waals surface area contributed by atoms with Crippen molar-refractivity contribution in [1.29, 1.82) is 0 Å². The number of amides is 1. The van der Waals surface area contributed by atoms with Crippen molar-refractivity contribution in [3.05, 3.63) is 78.1 Å². The van der Waals surface area contributed by atoms with Crippen molar-refractivity contribution in [2.45, 2.75) is 6.92 Å². The van der Waals surface area contributed by atoms with Crippen LogP contribution in [0.3, 0.4) is 0 Å². The fourth-order valence-electron chi connectivity index (χ4n) is 2.80. The third-order valence-electron chi connectivity index (χ3n) is 4.41. The first kappa shape index (κ1) is 19.6. The molecule has 0 aliphatic rings. The number of aryl methyl sites for hydroxylation is 1. The number of carbonyl (C=O) groups is 1. The predicted molar refractivity (Wildman–Crippen MR) is 112 cm³/mol. The molecule has 0 atom stereocenters. The Morgan fingerprint density at radius 1 is 1.00 bits per heavy atom. The van der Waals surface area contributed by atoms with E-state index in [1.165, 1.54) is 7.05 Å². The zero-order valence-corrected chi connectivity index (χ0v) is 16.7. The van der Waals surface area contributed by atoms with E-state index >= 15 is 0 Å². The van der Waals surface area contributed by atoms with E-state index in [-0.39, 0.29) is 0 Å². The van der Waals surface area contributed by atoms with Crippen LogP contribution in [0.25, 0.3) is 11.1 Å². The van der Waals surface area contributed by atoms with Crippen LogP contribution in [-0.4, -0.2) is 32.6 Å². The number of carbonyl (C=O) groups excluding carboxylic acids is 1. The van der Waals surface area contributed by atoms with Crippen LogP contribution >= 0.6 is 0 Å². The zero-order chi connectivity index (χ0) is 20.3. The highest BCUT2D eigenvalue weighted by atomic mass is 32.2. The standard InChI is InChI=1S/C21H21N3O3S/c1-15-8-7-13-22-20(15)21(25)23-18-14-17(16-9-5-4-6-10-16)11-12-19(18)24(2)28(3,26)27/h4-14H,1-3H3,(H,23,25). The van der Waals surface area contributed by atoms with Crippen LogP contribution in [0.5, 0.6) is 0 Å². The molecule has 0 saturated heterocycles. The maximum atomic E-state index is 12.8. The van der Waals surface area contributed by atoms with Gasteiger partial charge in [-0.3, -0.25) is 14.1 Å². The summed E-state index contributed by atoms with van der Waals surface area (Å²) in [5, 5.41) is 2.82. The van der Waals surface area contributed by atoms with E-state index in [1.807, 2.05) is 36.4 Å². The second-order valence-corrected chi connectivity index (χ2v) is 8.47. The average molecular weight is 395 g/mol. The van der Waals surface area contributed by atoms with Gasteiger partial charge in [-0.05, 0) is 41.8 Å². The molecule has 0 unspecified atom stereocenters. The Balaban J connectivity index is 2.07. The number of benzene rings is 2. The molecule has 2 aromatic carbocycles. The number of rotatable bonds is 5. The highest BCUT2D eigenvalue weighted by molar-refractivity contribution is 7.92. The zero-order valence-electron chi connectivity index (χ0n) is 15.9. The van der Waals surface area contributed by atoms with Gasteiger partial charge in [0.05, 0.1) is 17.6 Å². The topological polar surface area (TPSA) is 79.4 Å². The smallest absolute Gasteiger partial charge is 0.274 e. The van der Waals surface area contributed by atoms with Gasteiger partial charge in [0.2, 0.25) is 10.0 Å². The number of pyridine rings is 1. The molecule has 144 valence electrons. The van der Waals surface area contributed by atoms with Gasteiger partial charge in [0, 0.05) is 13.2 Å². The number of hydrogen-bond donors (Lipinski definition) is 1. The summed E-state index contributed by atoms with van der Waals surface area (Å²) in [7, 11) is -2.05. The Morgan fingerprint density at radius 2 is 1.71 bits per heavy atom. The maximum absolute atomic E-state index is 12.8. The number of hydrogen-bond acceptors (Lipinski definition) is 4. The van der Waals surface area contributed by atoms with E-state index in [1.54, 1.807) is 37.4 Å². The first-order valence-electron chi connectivity index (χ1n) is 8.63. The Bertz CT molecular complexity index is 1110. The van der Waals surface area contributed by atoms with E-state index in [2.05, 4.69) is 10.3 Å². The molecule has 1 aromatic heterocycles. The summed E-state index contributed by atoms with van der Waals surface area (Å²) in [5.41, 5.74) is 3.62. The van der Waals surface area contributed by atoms with Crippen molar-refractivity contribution in [3.63, 3.8) is 0 Å². The molecule has 0 radical (unpaired) electrons. The summed E-state index contributed by atoms with van der Waals surface area (Å²) in [6.45, 7) is 1.80. The van der Waals surface area contributed by atoms with Gasteiger partial charge in [0.25, 0.3) is 5.91 Å². The lowest BCUT2D eigenvalue weighted by Crippen LogP contribution is -2.26. The molecule has 7 heteroatoms. The van der Waals surface area contributed by atoms with Crippen LogP contribution in [0, 0.1) is 6.92 Å². The van der Waals surface area contributed by atoms with E-state index in [0.29, 0.717) is 17.1 Å². The summed E-state index contributed by atoms with van der Waals surface area (Å²) in [4.78, 5) is 16.9. The lowest BCUT2D eigenvalue weighted by atomic mass is 10.0. The molecule has 0 bridgehead atoms. The van der Waals surface area contributed by atoms with Crippen LogP contribution in [0.1, 0.15) is 16.1 Å². The molecule has 1 amide bonds. The second kappa shape index (κ2) is 7.82. The summed E-state index contributed by atoms with van der Waals surface area (Å²) in [6.07, 6.45) is 2.67. The highest BCUT2D eigenvalue weighted by Crippen LogP contribution is 2.32. The van der Waals surface area contributed by atoms with Crippen molar-refractivity contribution in [3.8, 4) is 11.1 Å². The van der Waals surface area contributed by atoms with Gasteiger partial charge in [-0.2, -0.15) is 0 Å². The number of nitrogens with zero attached hydrogens (tertiary/aromatic N) is 2.